The van der Waals surface area contributed by atoms with E-state index < -0.39 is 0 Å². The number of fused-ring (bicyclic) bond motifs is 1. The van der Waals surface area contributed by atoms with Gasteiger partial charge in [0, 0.05) is 17.8 Å². The molecule has 0 radical (unpaired) electrons. The summed E-state index contributed by atoms with van der Waals surface area (Å²) in [5.74, 6) is 0.0526. The van der Waals surface area contributed by atoms with Crippen molar-refractivity contribution in [2.45, 2.75) is 38.5 Å². The second-order valence-electron chi connectivity index (χ2n) is 6.39. The number of nitrogens with zero attached hydrogens (tertiary/aromatic N) is 1. The lowest BCUT2D eigenvalue weighted by atomic mass is 9.99. The van der Waals surface area contributed by atoms with Crippen molar-refractivity contribution in [2.24, 2.45) is 0 Å². The van der Waals surface area contributed by atoms with Crippen LogP contribution in [0.25, 0.3) is 0 Å². The number of carbonyl (C=O) groups excluding carboxylic acids is 2. The first kappa shape index (κ1) is 15.4. The molecule has 0 atom stereocenters. The summed E-state index contributed by atoms with van der Waals surface area (Å²) in [4.78, 5) is 28.6. The summed E-state index contributed by atoms with van der Waals surface area (Å²) in [6, 6.07) is 9.60. The molecule has 1 aromatic heterocycles. The van der Waals surface area contributed by atoms with E-state index in [1.165, 1.54) is 23.3 Å². The van der Waals surface area contributed by atoms with E-state index in [4.69, 9.17) is 0 Å². The summed E-state index contributed by atoms with van der Waals surface area (Å²) in [6.45, 7) is 0.721. The lowest BCUT2D eigenvalue weighted by Gasteiger charge is -2.19. The topological polar surface area (TPSA) is 49.4 Å². The standard InChI is InChI=1S/C19H20N2O2S/c22-18-10-5-11-21(18)15-8-3-2-7-14(15)20-19(23)17-12-13-6-1-4-9-16(13)24-17/h2-3,7-8,12H,1,4-6,9-11H2,(H,20,23). The third kappa shape index (κ3) is 2.84. The Kier molecular flexibility index (Phi) is 4.10. The molecule has 0 saturated carbocycles. The molecule has 2 aromatic rings. The zero-order valence-electron chi connectivity index (χ0n) is 13.5. The maximum atomic E-state index is 12.7. The molecule has 2 heterocycles. The zero-order chi connectivity index (χ0) is 16.5. The molecule has 4 rings (SSSR count). The molecule has 24 heavy (non-hydrogen) atoms. The average molecular weight is 340 g/mol. The number of aryl methyl sites for hydroxylation is 2. The van der Waals surface area contributed by atoms with Crippen LogP contribution in [0.2, 0.25) is 0 Å². The Bertz CT molecular complexity index is 773. The van der Waals surface area contributed by atoms with Crippen LogP contribution in [0, 0.1) is 0 Å². The Morgan fingerprint density at radius 2 is 1.92 bits per heavy atom. The van der Waals surface area contributed by atoms with Gasteiger partial charge in [-0.05, 0) is 55.9 Å². The zero-order valence-corrected chi connectivity index (χ0v) is 14.3. The van der Waals surface area contributed by atoms with Gasteiger partial charge in [-0.3, -0.25) is 9.59 Å². The fraction of sp³-hybridized carbons (Fsp3) is 0.368. The SMILES string of the molecule is O=C(Nc1ccccc1N1CCCC1=O)c1cc2c(s1)CCCC2. The fourth-order valence-electron chi connectivity index (χ4n) is 3.50. The Hall–Kier alpha value is -2.14. The van der Waals surface area contributed by atoms with Crippen molar-refractivity contribution in [1.82, 2.24) is 0 Å². The van der Waals surface area contributed by atoms with Gasteiger partial charge in [-0.15, -0.1) is 11.3 Å². The van der Waals surface area contributed by atoms with Crippen LogP contribution in [0.15, 0.2) is 30.3 Å². The molecule has 1 saturated heterocycles. The van der Waals surface area contributed by atoms with Crippen LogP contribution in [-0.4, -0.2) is 18.4 Å². The molecule has 0 spiro atoms. The lowest BCUT2D eigenvalue weighted by molar-refractivity contribution is -0.117. The van der Waals surface area contributed by atoms with Crippen LogP contribution in [0.1, 0.15) is 45.8 Å². The number of carbonyl (C=O) groups is 2. The molecule has 1 aromatic carbocycles. The Morgan fingerprint density at radius 3 is 2.71 bits per heavy atom. The van der Waals surface area contributed by atoms with Gasteiger partial charge < -0.3 is 10.2 Å². The summed E-state index contributed by atoms with van der Waals surface area (Å²) < 4.78 is 0. The van der Waals surface area contributed by atoms with Crippen molar-refractivity contribution in [3.05, 3.63) is 45.6 Å². The van der Waals surface area contributed by atoms with Crippen LogP contribution in [-0.2, 0) is 17.6 Å². The van der Waals surface area contributed by atoms with Crippen LogP contribution in [0.4, 0.5) is 11.4 Å². The molecular formula is C19H20N2O2S. The van der Waals surface area contributed by atoms with Crippen molar-refractivity contribution >= 4 is 34.5 Å². The van der Waals surface area contributed by atoms with Crippen molar-refractivity contribution in [1.29, 1.82) is 0 Å². The Labute approximate surface area is 145 Å². The molecule has 1 N–H and O–H groups in total. The summed E-state index contributed by atoms with van der Waals surface area (Å²) in [5, 5.41) is 3.01. The van der Waals surface area contributed by atoms with E-state index in [-0.39, 0.29) is 11.8 Å². The normalized spacial score (nSPS) is 17.0. The van der Waals surface area contributed by atoms with Gasteiger partial charge in [0.25, 0.3) is 5.91 Å². The highest BCUT2D eigenvalue weighted by atomic mass is 32.1. The molecule has 0 unspecified atom stereocenters. The predicted molar refractivity (Wildman–Crippen MR) is 96.9 cm³/mol. The monoisotopic (exact) mass is 340 g/mol. The summed E-state index contributed by atoms with van der Waals surface area (Å²) >= 11 is 1.61. The van der Waals surface area contributed by atoms with Crippen LogP contribution < -0.4 is 10.2 Å². The third-order valence-electron chi connectivity index (χ3n) is 4.74. The van der Waals surface area contributed by atoms with Crippen molar-refractivity contribution in [3.63, 3.8) is 0 Å². The van der Waals surface area contributed by atoms with E-state index in [1.807, 2.05) is 30.3 Å². The van der Waals surface area contributed by atoms with Gasteiger partial charge >= 0.3 is 0 Å². The van der Waals surface area contributed by atoms with Crippen LogP contribution in [0.3, 0.4) is 0 Å². The van der Waals surface area contributed by atoms with E-state index in [1.54, 1.807) is 16.2 Å². The first-order valence-electron chi connectivity index (χ1n) is 8.55. The highest BCUT2D eigenvalue weighted by molar-refractivity contribution is 7.14. The van der Waals surface area contributed by atoms with E-state index in [0.717, 1.165) is 36.4 Å². The highest BCUT2D eigenvalue weighted by Gasteiger charge is 2.25. The molecule has 1 fully saturated rings. The number of anilines is 2. The molecule has 2 aliphatic rings. The maximum Gasteiger partial charge on any atom is 0.265 e. The number of benzene rings is 1. The molecule has 0 bridgehead atoms. The van der Waals surface area contributed by atoms with E-state index in [0.29, 0.717) is 12.1 Å². The summed E-state index contributed by atoms with van der Waals surface area (Å²) in [7, 11) is 0. The van der Waals surface area contributed by atoms with E-state index >= 15 is 0 Å². The number of nitrogens with one attached hydrogen (secondary N) is 1. The first-order chi connectivity index (χ1) is 11.7. The van der Waals surface area contributed by atoms with Crippen LogP contribution in [0.5, 0.6) is 0 Å². The van der Waals surface area contributed by atoms with Crippen molar-refractivity contribution in [3.8, 4) is 0 Å². The number of para-hydroxylation sites is 2. The van der Waals surface area contributed by atoms with Crippen molar-refractivity contribution < 1.29 is 9.59 Å². The molecule has 124 valence electrons. The Balaban J connectivity index is 1.58. The maximum absolute atomic E-state index is 12.7. The lowest BCUT2D eigenvalue weighted by Crippen LogP contribution is -2.25. The number of thiophene rings is 1. The smallest absolute Gasteiger partial charge is 0.265 e. The molecule has 4 nitrogen and oxygen atoms in total. The molecule has 2 amide bonds. The van der Waals surface area contributed by atoms with Gasteiger partial charge in [-0.25, -0.2) is 0 Å². The van der Waals surface area contributed by atoms with Gasteiger partial charge in [-0.1, -0.05) is 12.1 Å². The minimum atomic E-state index is -0.0755. The van der Waals surface area contributed by atoms with E-state index in [9.17, 15) is 9.59 Å². The first-order valence-corrected chi connectivity index (χ1v) is 9.36. The third-order valence-corrected chi connectivity index (χ3v) is 5.97. The number of hydrogen-bond acceptors (Lipinski definition) is 3. The molecule has 1 aliphatic carbocycles. The number of hydrogen-bond donors (Lipinski definition) is 1. The quantitative estimate of drug-likeness (QED) is 0.918. The van der Waals surface area contributed by atoms with Crippen molar-refractivity contribution in [2.75, 3.05) is 16.8 Å². The van der Waals surface area contributed by atoms with Crippen LogP contribution >= 0.6 is 11.3 Å². The fourth-order valence-corrected chi connectivity index (χ4v) is 4.65. The summed E-state index contributed by atoms with van der Waals surface area (Å²) in [6.07, 6.45) is 6.06. The minimum absolute atomic E-state index is 0.0755. The number of rotatable bonds is 3. The number of amides is 2. The van der Waals surface area contributed by atoms with Gasteiger partial charge in [0.2, 0.25) is 5.91 Å². The molecule has 1 aliphatic heterocycles. The molecule has 5 heteroatoms. The van der Waals surface area contributed by atoms with Gasteiger partial charge in [0.15, 0.2) is 0 Å². The average Bonchev–Trinajstić information content (AvgIpc) is 3.21. The Morgan fingerprint density at radius 1 is 1.08 bits per heavy atom. The second kappa shape index (κ2) is 6.40. The minimum Gasteiger partial charge on any atom is -0.319 e. The van der Waals surface area contributed by atoms with Gasteiger partial charge in [0.1, 0.15) is 0 Å². The summed E-state index contributed by atoms with van der Waals surface area (Å²) in [5.41, 5.74) is 2.85. The largest absolute Gasteiger partial charge is 0.319 e. The second-order valence-corrected chi connectivity index (χ2v) is 7.52. The predicted octanol–water partition coefficient (Wildman–Crippen LogP) is 4.01. The highest BCUT2D eigenvalue weighted by Crippen LogP contribution is 2.32. The van der Waals surface area contributed by atoms with Gasteiger partial charge in [0.05, 0.1) is 16.3 Å². The van der Waals surface area contributed by atoms with Gasteiger partial charge in [-0.2, -0.15) is 0 Å². The molecular weight excluding hydrogens is 320 g/mol. The van der Waals surface area contributed by atoms with E-state index in [2.05, 4.69) is 5.32 Å².